The van der Waals surface area contributed by atoms with Crippen molar-refractivity contribution in [2.24, 2.45) is 0 Å². The minimum atomic E-state index is -0.0347. The highest BCUT2D eigenvalue weighted by molar-refractivity contribution is 5.94. The van der Waals surface area contributed by atoms with E-state index in [9.17, 15) is 4.79 Å². The molecular weight excluding hydrogens is 164 g/mol. The molecule has 2 heterocycles. The van der Waals surface area contributed by atoms with Gasteiger partial charge in [-0.15, -0.1) is 0 Å². The Balaban J connectivity index is 2.69. The second kappa shape index (κ2) is 2.94. The van der Waals surface area contributed by atoms with Crippen LogP contribution in [0.1, 0.15) is 17.4 Å². The molecule has 0 spiro atoms. The Bertz CT molecular complexity index is 465. The van der Waals surface area contributed by atoms with Crippen molar-refractivity contribution in [3.63, 3.8) is 0 Å². The van der Waals surface area contributed by atoms with Crippen LogP contribution in [0.15, 0.2) is 30.5 Å². The van der Waals surface area contributed by atoms with Crippen LogP contribution in [0.3, 0.4) is 0 Å². The highest BCUT2D eigenvalue weighted by Gasteiger charge is 2.01. The van der Waals surface area contributed by atoms with E-state index < -0.39 is 0 Å². The van der Waals surface area contributed by atoms with E-state index in [1.165, 1.54) is 6.92 Å². The molecule has 0 aromatic carbocycles. The second-order valence-corrected chi connectivity index (χ2v) is 2.80. The van der Waals surface area contributed by atoms with Crippen LogP contribution >= 0.6 is 0 Å². The number of aromatic nitrogens is 2. The lowest BCUT2D eigenvalue weighted by atomic mass is 10.2. The van der Waals surface area contributed by atoms with Crippen LogP contribution in [-0.4, -0.2) is 15.8 Å². The van der Waals surface area contributed by atoms with Crippen LogP contribution in [0.2, 0.25) is 0 Å². The third-order valence-corrected chi connectivity index (χ3v) is 1.82. The molecule has 64 valence electrons. The van der Waals surface area contributed by atoms with E-state index in [4.69, 9.17) is 0 Å². The first kappa shape index (κ1) is 7.86. The SMILES string of the molecule is CC(=O)c1ccc2cccnc2n1. The Kier molecular flexibility index (Phi) is 1.77. The molecule has 2 aromatic rings. The van der Waals surface area contributed by atoms with E-state index in [2.05, 4.69) is 9.97 Å². The minimum Gasteiger partial charge on any atom is -0.293 e. The summed E-state index contributed by atoms with van der Waals surface area (Å²) in [5.74, 6) is -0.0347. The van der Waals surface area contributed by atoms with E-state index >= 15 is 0 Å². The molecule has 2 rings (SSSR count). The average Bonchev–Trinajstić information content (AvgIpc) is 2.17. The normalized spacial score (nSPS) is 10.2. The smallest absolute Gasteiger partial charge is 0.178 e. The number of hydrogen-bond acceptors (Lipinski definition) is 3. The summed E-state index contributed by atoms with van der Waals surface area (Å²) < 4.78 is 0. The fraction of sp³-hybridized carbons (Fsp3) is 0.100. The van der Waals surface area contributed by atoms with Crippen molar-refractivity contribution in [3.05, 3.63) is 36.2 Å². The minimum absolute atomic E-state index is 0.0347. The van der Waals surface area contributed by atoms with E-state index in [0.29, 0.717) is 11.3 Å². The average molecular weight is 172 g/mol. The van der Waals surface area contributed by atoms with Crippen molar-refractivity contribution >= 4 is 16.8 Å². The van der Waals surface area contributed by atoms with Crippen LogP contribution in [0.4, 0.5) is 0 Å². The quantitative estimate of drug-likeness (QED) is 0.616. The fourth-order valence-corrected chi connectivity index (χ4v) is 1.15. The van der Waals surface area contributed by atoms with Gasteiger partial charge >= 0.3 is 0 Å². The molecule has 3 nitrogen and oxygen atoms in total. The van der Waals surface area contributed by atoms with Crippen molar-refractivity contribution in [3.8, 4) is 0 Å². The summed E-state index contributed by atoms with van der Waals surface area (Å²) in [6.07, 6.45) is 1.67. The van der Waals surface area contributed by atoms with Gasteiger partial charge in [-0.3, -0.25) is 4.79 Å². The molecule has 0 saturated heterocycles. The second-order valence-electron chi connectivity index (χ2n) is 2.80. The lowest BCUT2D eigenvalue weighted by Crippen LogP contribution is -1.96. The van der Waals surface area contributed by atoms with Gasteiger partial charge in [-0.05, 0) is 24.3 Å². The lowest BCUT2D eigenvalue weighted by Gasteiger charge is -1.97. The molecule has 0 aliphatic heterocycles. The van der Waals surface area contributed by atoms with Gasteiger partial charge in [0.25, 0.3) is 0 Å². The molecule has 0 atom stereocenters. The number of fused-ring (bicyclic) bond motifs is 1. The Morgan fingerprint density at radius 1 is 1.31 bits per heavy atom. The maximum absolute atomic E-state index is 11.0. The van der Waals surface area contributed by atoms with E-state index in [-0.39, 0.29) is 5.78 Å². The van der Waals surface area contributed by atoms with E-state index in [1.807, 2.05) is 18.2 Å². The molecule has 2 aromatic heterocycles. The predicted molar refractivity (Wildman–Crippen MR) is 49.5 cm³/mol. The van der Waals surface area contributed by atoms with Crippen LogP contribution in [0, 0.1) is 0 Å². The maximum atomic E-state index is 11.0. The molecular formula is C10H8N2O. The van der Waals surface area contributed by atoms with Gasteiger partial charge in [-0.2, -0.15) is 0 Å². The largest absolute Gasteiger partial charge is 0.293 e. The summed E-state index contributed by atoms with van der Waals surface area (Å²) >= 11 is 0. The summed E-state index contributed by atoms with van der Waals surface area (Å²) in [5, 5.41) is 0.951. The summed E-state index contributed by atoms with van der Waals surface area (Å²) in [5.41, 5.74) is 1.08. The summed E-state index contributed by atoms with van der Waals surface area (Å²) in [7, 11) is 0. The highest BCUT2D eigenvalue weighted by atomic mass is 16.1. The zero-order valence-corrected chi connectivity index (χ0v) is 7.19. The summed E-state index contributed by atoms with van der Waals surface area (Å²) in [6.45, 7) is 1.50. The van der Waals surface area contributed by atoms with Crippen molar-refractivity contribution in [2.75, 3.05) is 0 Å². The number of rotatable bonds is 1. The Morgan fingerprint density at radius 3 is 2.92 bits per heavy atom. The molecule has 0 bridgehead atoms. The molecule has 0 N–H and O–H groups in total. The summed E-state index contributed by atoms with van der Waals surface area (Å²) in [4.78, 5) is 19.2. The topological polar surface area (TPSA) is 42.9 Å². The molecule has 3 heteroatoms. The Labute approximate surface area is 75.4 Å². The molecule has 0 amide bonds. The van der Waals surface area contributed by atoms with Crippen molar-refractivity contribution in [1.29, 1.82) is 0 Å². The number of Topliss-reactive ketones (excluding diaryl/α,β-unsaturated/α-hetero) is 1. The molecule has 13 heavy (non-hydrogen) atoms. The van der Waals surface area contributed by atoms with Crippen molar-refractivity contribution in [2.45, 2.75) is 6.92 Å². The third-order valence-electron chi connectivity index (χ3n) is 1.82. The van der Waals surface area contributed by atoms with Gasteiger partial charge in [-0.25, -0.2) is 9.97 Å². The van der Waals surface area contributed by atoms with E-state index in [0.717, 1.165) is 5.39 Å². The molecule has 0 aliphatic carbocycles. The van der Waals surface area contributed by atoms with Gasteiger partial charge in [-0.1, -0.05) is 0 Å². The van der Waals surface area contributed by atoms with Gasteiger partial charge in [0.15, 0.2) is 11.4 Å². The van der Waals surface area contributed by atoms with Gasteiger partial charge in [0.1, 0.15) is 5.69 Å². The Hall–Kier alpha value is -1.77. The zero-order chi connectivity index (χ0) is 9.26. The van der Waals surface area contributed by atoms with Gasteiger partial charge in [0.2, 0.25) is 0 Å². The Morgan fingerprint density at radius 2 is 2.15 bits per heavy atom. The first-order chi connectivity index (χ1) is 6.27. The number of carbonyl (C=O) groups excluding carboxylic acids is 1. The predicted octanol–water partition coefficient (Wildman–Crippen LogP) is 1.83. The first-order valence-corrected chi connectivity index (χ1v) is 4.00. The van der Waals surface area contributed by atoms with Crippen molar-refractivity contribution < 1.29 is 4.79 Å². The number of pyridine rings is 2. The lowest BCUT2D eigenvalue weighted by molar-refractivity contribution is 0.101. The standard InChI is InChI=1S/C10H8N2O/c1-7(13)9-5-4-8-3-2-6-11-10(8)12-9/h2-6H,1H3. The first-order valence-electron chi connectivity index (χ1n) is 4.00. The van der Waals surface area contributed by atoms with Crippen LogP contribution in [-0.2, 0) is 0 Å². The third kappa shape index (κ3) is 1.40. The van der Waals surface area contributed by atoms with E-state index in [1.54, 1.807) is 12.3 Å². The molecule has 0 saturated carbocycles. The highest BCUT2D eigenvalue weighted by Crippen LogP contribution is 2.08. The van der Waals surface area contributed by atoms with Crippen LogP contribution in [0.5, 0.6) is 0 Å². The monoisotopic (exact) mass is 172 g/mol. The molecule has 0 aliphatic rings. The number of nitrogens with zero attached hydrogens (tertiary/aromatic N) is 2. The van der Waals surface area contributed by atoms with Crippen LogP contribution in [0.25, 0.3) is 11.0 Å². The van der Waals surface area contributed by atoms with Gasteiger partial charge in [0.05, 0.1) is 0 Å². The number of carbonyl (C=O) groups is 1. The van der Waals surface area contributed by atoms with Crippen LogP contribution < -0.4 is 0 Å². The molecule has 0 unspecified atom stereocenters. The zero-order valence-electron chi connectivity index (χ0n) is 7.19. The fourth-order valence-electron chi connectivity index (χ4n) is 1.15. The summed E-state index contributed by atoms with van der Waals surface area (Å²) in [6, 6.07) is 7.33. The number of ketones is 1. The molecule has 0 fully saturated rings. The molecule has 0 radical (unpaired) electrons. The maximum Gasteiger partial charge on any atom is 0.178 e. The van der Waals surface area contributed by atoms with Gasteiger partial charge in [0, 0.05) is 18.5 Å². The van der Waals surface area contributed by atoms with Gasteiger partial charge < -0.3 is 0 Å². The number of hydrogen-bond donors (Lipinski definition) is 0. The van der Waals surface area contributed by atoms with Crippen molar-refractivity contribution in [1.82, 2.24) is 9.97 Å².